The highest BCUT2D eigenvalue weighted by molar-refractivity contribution is 7.97. The molecule has 1 aromatic heterocycles. The van der Waals surface area contributed by atoms with Gasteiger partial charge in [0.1, 0.15) is 0 Å². The van der Waals surface area contributed by atoms with Gasteiger partial charge in [0.25, 0.3) is 0 Å². The monoisotopic (exact) mass is 199 g/mol. The van der Waals surface area contributed by atoms with E-state index in [4.69, 9.17) is 4.52 Å². The molecule has 4 nitrogen and oxygen atoms in total. The summed E-state index contributed by atoms with van der Waals surface area (Å²) in [5.74, 6) is 2.36. The van der Waals surface area contributed by atoms with Crippen LogP contribution in [0.25, 0.3) is 0 Å². The molecule has 0 aromatic carbocycles. The highest BCUT2D eigenvalue weighted by Gasteiger charge is 2.21. The number of nitrogens with one attached hydrogen (secondary N) is 1. The Kier molecular flexibility index (Phi) is 2.85. The van der Waals surface area contributed by atoms with Gasteiger partial charge in [0.05, 0.1) is 11.8 Å². The summed E-state index contributed by atoms with van der Waals surface area (Å²) in [7, 11) is 0. The third kappa shape index (κ3) is 2.03. The molecule has 2 heterocycles. The summed E-state index contributed by atoms with van der Waals surface area (Å²) in [6, 6.07) is 0.319. The topological polar surface area (TPSA) is 51.0 Å². The molecule has 0 saturated carbocycles. The standard InChI is InChI=1S/C8H13N3OS/c1-13-5-7-10-8(11-12-7)6-3-2-4-9-6/h6,9H,2-5H2,1H3. The van der Waals surface area contributed by atoms with Gasteiger partial charge in [-0.25, -0.2) is 0 Å². The molecule has 1 aromatic rings. The molecular formula is C8H13N3OS. The number of aromatic nitrogens is 2. The first-order chi connectivity index (χ1) is 6.40. The Morgan fingerprint density at radius 1 is 1.69 bits per heavy atom. The van der Waals surface area contributed by atoms with E-state index in [0.717, 1.165) is 30.4 Å². The van der Waals surface area contributed by atoms with Crippen LogP contribution in [0.5, 0.6) is 0 Å². The fourth-order valence-corrected chi connectivity index (χ4v) is 1.86. The van der Waals surface area contributed by atoms with Crippen LogP contribution in [0.3, 0.4) is 0 Å². The average Bonchev–Trinajstić information content (AvgIpc) is 2.70. The normalized spacial score (nSPS) is 22.4. The largest absolute Gasteiger partial charge is 0.338 e. The summed E-state index contributed by atoms with van der Waals surface area (Å²) >= 11 is 1.69. The molecule has 0 spiro atoms. The first kappa shape index (κ1) is 9.02. The molecule has 1 N–H and O–H groups in total. The van der Waals surface area contributed by atoms with Gasteiger partial charge in [-0.05, 0) is 25.6 Å². The molecular weight excluding hydrogens is 186 g/mol. The Labute approximate surface area is 81.5 Å². The third-order valence-electron chi connectivity index (χ3n) is 2.12. The molecule has 1 atom stereocenters. The Morgan fingerprint density at radius 3 is 3.31 bits per heavy atom. The number of thioether (sulfide) groups is 1. The molecule has 0 amide bonds. The summed E-state index contributed by atoms with van der Waals surface area (Å²) in [6.45, 7) is 1.07. The van der Waals surface area contributed by atoms with Gasteiger partial charge < -0.3 is 9.84 Å². The van der Waals surface area contributed by atoms with E-state index in [1.165, 1.54) is 6.42 Å². The van der Waals surface area contributed by atoms with E-state index in [0.29, 0.717) is 6.04 Å². The smallest absolute Gasteiger partial charge is 0.236 e. The third-order valence-corrected chi connectivity index (χ3v) is 2.66. The second kappa shape index (κ2) is 4.11. The summed E-state index contributed by atoms with van der Waals surface area (Å²) < 4.78 is 5.10. The lowest BCUT2D eigenvalue weighted by Gasteiger charge is -2.01. The molecule has 0 aliphatic carbocycles. The van der Waals surface area contributed by atoms with E-state index in [1.54, 1.807) is 11.8 Å². The van der Waals surface area contributed by atoms with E-state index in [9.17, 15) is 0 Å². The van der Waals surface area contributed by atoms with Crippen molar-refractivity contribution in [1.29, 1.82) is 0 Å². The van der Waals surface area contributed by atoms with Crippen LogP contribution in [-0.2, 0) is 5.75 Å². The SMILES string of the molecule is CSCc1nc(C2CCCN2)no1. The fourth-order valence-electron chi connectivity index (χ4n) is 1.50. The van der Waals surface area contributed by atoms with Gasteiger partial charge >= 0.3 is 0 Å². The second-order valence-corrected chi connectivity index (χ2v) is 3.99. The summed E-state index contributed by atoms with van der Waals surface area (Å²) in [5, 5.41) is 7.29. The van der Waals surface area contributed by atoms with Crippen LogP contribution in [0.15, 0.2) is 4.52 Å². The van der Waals surface area contributed by atoms with Gasteiger partial charge in [-0.15, -0.1) is 0 Å². The summed E-state index contributed by atoms with van der Waals surface area (Å²) in [5.41, 5.74) is 0. The van der Waals surface area contributed by atoms with Crippen LogP contribution in [0.1, 0.15) is 30.6 Å². The predicted octanol–water partition coefficient (Wildman–Crippen LogP) is 1.36. The van der Waals surface area contributed by atoms with E-state index < -0.39 is 0 Å². The van der Waals surface area contributed by atoms with Gasteiger partial charge in [0, 0.05) is 0 Å². The first-order valence-electron chi connectivity index (χ1n) is 4.45. The number of rotatable bonds is 3. The molecule has 13 heavy (non-hydrogen) atoms. The minimum absolute atomic E-state index is 0.319. The maximum Gasteiger partial charge on any atom is 0.236 e. The van der Waals surface area contributed by atoms with Crippen molar-refractivity contribution in [2.45, 2.75) is 24.6 Å². The van der Waals surface area contributed by atoms with E-state index >= 15 is 0 Å². The van der Waals surface area contributed by atoms with E-state index in [2.05, 4.69) is 15.5 Å². The van der Waals surface area contributed by atoms with Crippen molar-refractivity contribution < 1.29 is 4.52 Å². The van der Waals surface area contributed by atoms with Gasteiger partial charge in [-0.2, -0.15) is 16.7 Å². The number of nitrogens with zero attached hydrogens (tertiary/aromatic N) is 2. The molecule has 72 valence electrons. The van der Waals surface area contributed by atoms with E-state index in [-0.39, 0.29) is 0 Å². The van der Waals surface area contributed by atoms with Crippen LogP contribution in [0.2, 0.25) is 0 Å². The molecule has 1 fully saturated rings. The summed E-state index contributed by atoms with van der Waals surface area (Å²) in [6.07, 6.45) is 4.35. The average molecular weight is 199 g/mol. The minimum Gasteiger partial charge on any atom is -0.338 e. The molecule has 5 heteroatoms. The Hall–Kier alpha value is -0.550. The Morgan fingerprint density at radius 2 is 2.62 bits per heavy atom. The Bertz CT molecular complexity index is 270. The van der Waals surface area contributed by atoms with Crippen molar-refractivity contribution in [2.75, 3.05) is 12.8 Å². The minimum atomic E-state index is 0.319. The lowest BCUT2D eigenvalue weighted by molar-refractivity contribution is 0.379. The van der Waals surface area contributed by atoms with Crippen molar-refractivity contribution in [2.24, 2.45) is 0 Å². The quantitative estimate of drug-likeness (QED) is 0.796. The Balaban J connectivity index is 2.03. The molecule has 2 rings (SSSR count). The van der Waals surface area contributed by atoms with Crippen molar-refractivity contribution in [3.63, 3.8) is 0 Å². The zero-order valence-corrected chi connectivity index (χ0v) is 8.43. The lowest BCUT2D eigenvalue weighted by atomic mass is 10.2. The second-order valence-electron chi connectivity index (χ2n) is 3.13. The van der Waals surface area contributed by atoms with Gasteiger partial charge in [0.2, 0.25) is 5.89 Å². The lowest BCUT2D eigenvalue weighted by Crippen LogP contribution is -2.14. The highest BCUT2D eigenvalue weighted by atomic mass is 32.2. The molecule has 1 aliphatic rings. The van der Waals surface area contributed by atoms with Gasteiger partial charge in [-0.3, -0.25) is 0 Å². The van der Waals surface area contributed by atoms with Crippen LogP contribution in [0.4, 0.5) is 0 Å². The predicted molar refractivity (Wildman–Crippen MR) is 51.5 cm³/mol. The molecule has 1 saturated heterocycles. The van der Waals surface area contributed by atoms with Gasteiger partial charge in [0.15, 0.2) is 5.82 Å². The van der Waals surface area contributed by atoms with Crippen LogP contribution < -0.4 is 5.32 Å². The maximum absolute atomic E-state index is 5.10. The molecule has 1 unspecified atom stereocenters. The zero-order chi connectivity index (χ0) is 9.10. The first-order valence-corrected chi connectivity index (χ1v) is 5.84. The van der Waals surface area contributed by atoms with Crippen LogP contribution >= 0.6 is 11.8 Å². The number of hydrogen-bond donors (Lipinski definition) is 1. The van der Waals surface area contributed by atoms with Crippen molar-refractivity contribution in [1.82, 2.24) is 15.5 Å². The highest BCUT2D eigenvalue weighted by Crippen LogP contribution is 2.20. The van der Waals surface area contributed by atoms with Crippen LogP contribution in [0, 0.1) is 0 Å². The summed E-state index contributed by atoms with van der Waals surface area (Å²) in [4.78, 5) is 4.32. The number of hydrogen-bond acceptors (Lipinski definition) is 5. The maximum atomic E-state index is 5.10. The van der Waals surface area contributed by atoms with E-state index in [1.807, 2.05) is 6.26 Å². The van der Waals surface area contributed by atoms with Gasteiger partial charge in [-0.1, -0.05) is 5.16 Å². The molecule has 0 bridgehead atoms. The molecule has 0 radical (unpaired) electrons. The van der Waals surface area contributed by atoms with Crippen molar-refractivity contribution >= 4 is 11.8 Å². The van der Waals surface area contributed by atoms with Crippen molar-refractivity contribution in [3.05, 3.63) is 11.7 Å². The zero-order valence-electron chi connectivity index (χ0n) is 7.62. The van der Waals surface area contributed by atoms with Crippen LogP contribution in [-0.4, -0.2) is 22.9 Å². The fraction of sp³-hybridized carbons (Fsp3) is 0.750. The molecule has 1 aliphatic heterocycles. The van der Waals surface area contributed by atoms with Crippen molar-refractivity contribution in [3.8, 4) is 0 Å².